The molecule has 0 saturated carbocycles. The van der Waals surface area contributed by atoms with Gasteiger partial charge in [-0.25, -0.2) is 4.98 Å². The van der Waals surface area contributed by atoms with Crippen molar-refractivity contribution in [2.45, 2.75) is 18.3 Å². The predicted molar refractivity (Wildman–Crippen MR) is 120 cm³/mol. The van der Waals surface area contributed by atoms with E-state index in [9.17, 15) is 4.79 Å². The van der Waals surface area contributed by atoms with E-state index in [0.29, 0.717) is 30.5 Å². The summed E-state index contributed by atoms with van der Waals surface area (Å²) in [4.78, 5) is 17.3. The highest BCUT2D eigenvalue weighted by Gasteiger charge is 2.35. The van der Waals surface area contributed by atoms with Gasteiger partial charge in [-0.3, -0.25) is 4.79 Å². The van der Waals surface area contributed by atoms with E-state index < -0.39 is 0 Å². The number of amides is 1. The molecular weight excluding hydrogens is 420 g/mol. The zero-order valence-electron chi connectivity index (χ0n) is 16.7. The fourth-order valence-corrected chi connectivity index (χ4v) is 4.73. The summed E-state index contributed by atoms with van der Waals surface area (Å²) in [5.41, 5.74) is 2.36. The second-order valence-corrected chi connectivity index (χ2v) is 8.65. The topological polar surface area (TPSA) is 60.5 Å². The van der Waals surface area contributed by atoms with Crippen LogP contribution in [0.25, 0.3) is 10.6 Å². The van der Waals surface area contributed by atoms with Crippen LogP contribution < -0.4 is 10.1 Å². The van der Waals surface area contributed by atoms with Gasteiger partial charge >= 0.3 is 0 Å². The molecule has 1 N–H and O–H groups in total. The summed E-state index contributed by atoms with van der Waals surface area (Å²) >= 11 is 7.51. The lowest BCUT2D eigenvalue weighted by Crippen LogP contribution is -2.44. The molecule has 30 heavy (non-hydrogen) atoms. The van der Waals surface area contributed by atoms with Crippen LogP contribution in [0.4, 0.5) is 0 Å². The number of carbonyl (C=O) groups is 1. The van der Waals surface area contributed by atoms with Crippen molar-refractivity contribution in [3.8, 4) is 16.3 Å². The summed E-state index contributed by atoms with van der Waals surface area (Å²) in [6, 6.07) is 15.6. The third-order valence-electron chi connectivity index (χ3n) is 5.55. The minimum atomic E-state index is -0.168. The average Bonchev–Trinajstić information content (AvgIpc) is 3.29. The predicted octanol–water partition coefficient (Wildman–Crippen LogP) is 4.95. The van der Waals surface area contributed by atoms with Crippen LogP contribution in [0.15, 0.2) is 53.9 Å². The molecule has 156 valence electrons. The zero-order chi connectivity index (χ0) is 21.0. The van der Waals surface area contributed by atoms with Gasteiger partial charge in [-0.1, -0.05) is 35.9 Å². The van der Waals surface area contributed by atoms with Crippen molar-refractivity contribution in [1.82, 2.24) is 10.3 Å². The molecule has 0 atom stereocenters. The van der Waals surface area contributed by atoms with Crippen molar-refractivity contribution in [2.24, 2.45) is 0 Å². The molecule has 0 radical (unpaired) electrons. The molecule has 2 aromatic carbocycles. The summed E-state index contributed by atoms with van der Waals surface area (Å²) in [5.74, 6) is 0.653. The zero-order valence-corrected chi connectivity index (χ0v) is 18.3. The lowest BCUT2D eigenvalue weighted by Gasteiger charge is -2.38. The van der Waals surface area contributed by atoms with Crippen molar-refractivity contribution < 1.29 is 14.3 Å². The van der Waals surface area contributed by atoms with Crippen molar-refractivity contribution in [1.29, 1.82) is 0 Å². The first-order valence-corrected chi connectivity index (χ1v) is 11.1. The molecule has 4 rings (SSSR count). The SMILES string of the molecule is COc1ccc(C2(CNC(=O)c3csc(-c4cccc(Cl)c4)n3)CCOCC2)cc1. The van der Waals surface area contributed by atoms with E-state index in [0.717, 1.165) is 29.2 Å². The van der Waals surface area contributed by atoms with Gasteiger partial charge in [0.1, 0.15) is 16.5 Å². The third-order valence-corrected chi connectivity index (χ3v) is 6.67. The number of rotatable bonds is 6. The summed E-state index contributed by atoms with van der Waals surface area (Å²) < 4.78 is 10.9. The van der Waals surface area contributed by atoms with E-state index in [1.165, 1.54) is 16.9 Å². The van der Waals surface area contributed by atoms with Crippen LogP contribution in [-0.2, 0) is 10.2 Å². The monoisotopic (exact) mass is 442 g/mol. The maximum absolute atomic E-state index is 12.8. The molecule has 1 aliphatic heterocycles. The number of methoxy groups -OCH3 is 1. The quantitative estimate of drug-likeness (QED) is 0.586. The molecule has 1 saturated heterocycles. The number of aromatic nitrogens is 1. The van der Waals surface area contributed by atoms with Crippen LogP contribution in [0.1, 0.15) is 28.9 Å². The molecule has 0 aliphatic carbocycles. The van der Waals surface area contributed by atoms with Crippen LogP contribution in [0.2, 0.25) is 5.02 Å². The van der Waals surface area contributed by atoms with Crippen LogP contribution in [0.5, 0.6) is 5.75 Å². The van der Waals surface area contributed by atoms with Gasteiger partial charge in [-0.15, -0.1) is 11.3 Å². The molecule has 0 unspecified atom stereocenters. The summed E-state index contributed by atoms with van der Waals surface area (Å²) in [5, 5.41) is 6.32. The molecule has 1 aliphatic rings. The molecule has 5 nitrogen and oxygen atoms in total. The first kappa shape index (κ1) is 20.8. The lowest BCUT2D eigenvalue weighted by atomic mass is 9.74. The number of nitrogens with one attached hydrogen (secondary N) is 1. The van der Waals surface area contributed by atoms with Gasteiger partial charge in [-0.2, -0.15) is 0 Å². The second-order valence-electron chi connectivity index (χ2n) is 7.35. The largest absolute Gasteiger partial charge is 0.497 e. The van der Waals surface area contributed by atoms with Crippen molar-refractivity contribution in [3.05, 3.63) is 70.2 Å². The summed E-state index contributed by atoms with van der Waals surface area (Å²) in [7, 11) is 1.66. The van der Waals surface area contributed by atoms with Gasteiger partial charge in [-0.05, 0) is 42.7 Å². The number of benzene rings is 2. The van der Waals surface area contributed by atoms with E-state index in [4.69, 9.17) is 21.1 Å². The Morgan fingerprint density at radius 2 is 2.00 bits per heavy atom. The van der Waals surface area contributed by atoms with E-state index in [-0.39, 0.29) is 11.3 Å². The highest BCUT2D eigenvalue weighted by Crippen LogP contribution is 2.35. The minimum Gasteiger partial charge on any atom is -0.497 e. The number of halogens is 1. The molecule has 1 fully saturated rings. The first-order valence-electron chi connectivity index (χ1n) is 9.82. The Kier molecular flexibility index (Phi) is 6.37. The summed E-state index contributed by atoms with van der Waals surface area (Å²) in [6.07, 6.45) is 1.70. The Labute approximate surface area is 185 Å². The van der Waals surface area contributed by atoms with Gasteiger partial charge in [0.15, 0.2) is 0 Å². The fraction of sp³-hybridized carbons (Fsp3) is 0.304. The third kappa shape index (κ3) is 4.51. The van der Waals surface area contributed by atoms with Crippen LogP contribution in [0.3, 0.4) is 0 Å². The Morgan fingerprint density at radius 1 is 1.23 bits per heavy atom. The Hall–Kier alpha value is -2.41. The maximum atomic E-state index is 12.8. The molecule has 7 heteroatoms. The Bertz CT molecular complexity index is 1010. The number of thiazole rings is 1. The van der Waals surface area contributed by atoms with Gasteiger partial charge in [0, 0.05) is 41.1 Å². The standard InChI is InChI=1S/C23H23ClN2O3S/c1-28-19-7-5-17(6-8-19)23(9-11-29-12-10-23)15-25-21(27)20-14-30-22(26-20)16-3-2-4-18(24)13-16/h2-8,13-14H,9-12,15H2,1H3,(H,25,27). The number of hydrogen-bond acceptors (Lipinski definition) is 5. The number of nitrogens with zero attached hydrogens (tertiary/aromatic N) is 1. The van der Waals surface area contributed by atoms with Crippen LogP contribution in [0, 0.1) is 0 Å². The van der Waals surface area contributed by atoms with E-state index in [1.54, 1.807) is 12.5 Å². The number of carbonyl (C=O) groups excluding carboxylic acids is 1. The maximum Gasteiger partial charge on any atom is 0.270 e. The molecule has 2 heterocycles. The van der Waals surface area contributed by atoms with Crippen molar-refractivity contribution in [2.75, 3.05) is 26.9 Å². The Morgan fingerprint density at radius 3 is 2.70 bits per heavy atom. The lowest BCUT2D eigenvalue weighted by molar-refractivity contribution is 0.0486. The smallest absolute Gasteiger partial charge is 0.270 e. The molecule has 3 aromatic rings. The highest BCUT2D eigenvalue weighted by molar-refractivity contribution is 7.13. The molecule has 0 bridgehead atoms. The highest BCUT2D eigenvalue weighted by atomic mass is 35.5. The van der Waals surface area contributed by atoms with Crippen molar-refractivity contribution >= 4 is 28.8 Å². The average molecular weight is 443 g/mol. The van der Waals surface area contributed by atoms with Gasteiger partial charge < -0.3 is 14.8 Å². The van der Waals surface area contributed by atoms with E-state index in [1.807, 2.05) is 36.4 Å². The number of hydrogen-bond donors (Lipinski definition) is 1. The number of ether oxygens (including phenoxy) is 2. The normalized spacial score (nSPS) is 15.5. The van der Waals surface area contributed by atoms with E-state index >= 15 is 0 Å². The van der Waals surface area contributed by atoms with Gasteiger partial charge in [0.25, 0.3) is 5.91 Å². The molecular formula is C23H23ClN2O3S. The van der Waals surface area contributed by atoms with Gasteiger partial charge in [0.05, 0.1) is 7.11 Å². The summed E-state index contributed by atoms with van der Waals surface area (Å²) in [6.45, 7) is 1.89. The molecule has 0 spiro atoms. The van der Waals surface area contributed by atoms with Crippen LogP contribution >= 0.6 is 22.9 Å². The Balaban J connectivity index is 1.49. The fourth-order valence-electron chi connectivity index (χ4n) is 3.75. The second kappa shape index (κ2) is 9.16. The van der Waals surface area contributed by atoms with Crippen molar-refractivity contribution in [3.63, 3.8) is 0 Å². The van der Waals surface area contributed by atoms with E-state index in [2.05, 4.69) is 22.4 Å². The van der Waals surface area contributed by atoms with Gasteiger partial charge in [0.2, 0.25) is 0 Å². The molecule has 1 aromatic heterocycles. The first-order chi connectivity index (χ1) is 14.6. The molecule has 1 amide bonds. The minimum absolute atomic E-state index is 0.161. The van der Waals surface area contributed by atoms with Crippen LogP contribution in [-0.4, -0.2) is 37.8 Å².